The van der Waals surface area contributed by atoms with E-state index >= 15 is 0 Å². The molecule has 28 heavy (non-hydrogen) atoms. The van der Waals surface area contributed by atoms with Crippen LogP contribution in [0.1, 0.15) is 5.56 Å². The van der Waals surface area contributed by atoms with Crippen molar-refractivity contribution in [3.05, 3.63) is 71.9 Å². The van der Waals surface area contributed by atoms with Crippen molar-refractivity contribution >= 4 is 12.6 Å². The number of aryl methyl sites for hydroxylation is 1. The first-order valence-corrected chi connectivity index (χ1v) is 8.32. The molecule has 0 bridgehead atoms. The molecule has 0 aliphatic carbocycles. The van der Waals surface area contributed by atoms with Crippen LogP contribution in [0.2, 0.25) is 0 Å². The van der Waals surface area contributed by atoms with Crippen molar-refractivity contribution in [2.24, 2.45) is 0 Å². The first-order valence-electron chi connectivity index (χ1n) is 8.32. The number of pyridine rings is 1. The number of nitrogens with zero attached hydrogens (tertiary/aromatic N) is 1. The van der Waals surface area contributed by atoms with E-state index in [2.05, 4.69) is 9.72 Å². The average molecular weight is 387 g/mol. The number of methoxy groups -OCH3 is 2. The van der Waals surface area contributed by atoms with Crippen LogP contribution >= 0.6 is 0 Å². The van der Waals surface area contributed by atoms with Crippen LogP contribution in [0.15, 0.2) is 54.7 Å². The zero-order valence-corrected chi connectivity index (χ0v) is 15.7. The molecule has 146 valence electrons. The molecule has 1 aromatic heterocycles. The largest absolute Gasteiger partial charge is 0.494 e. The minimum absolute atomic E-state index is 0.0828. The van der Waals surface area contributed by atoms with Gasteiger partial charge in [-0.15, -0.1) is 0 Å². The van der Waals surface area contributed by atoms with E-state index in [1.165, 1.54) is 32.4 Å². The number of benzene rings is 2. The SMILES string of the molecule is COc1ccc(-c2ncccc2C)cc1F.COc1ccc(B(O)O)cc1F. The van der Waals surface area contributed by atoms with Gasteiger partial charge in [0.15, 0.2) is 23.1 Å². The average Bonchev–Trinajstić information content (AvgIpc) is 2.68. The summed E-state index contributed by atoms with van der Waals surface area (Å²) < 4.78 is 35.9. The van der Waals surface area contributed by atoms with E-state index in [-0.39, 0.29) is 22.8 Å². The molecule has 0 atom stereocenters. The Morgan fingerprint density at radius 1 is 0.893 bits per heavy atom. The summed E-state index contributed by atoms with van der Waals surface area (Å²) in [5.74, 6) is -0.648. The fourth-order valence-corrected chi connectivity index (χ4v) is 2.44. The van der Waals surface area contributed by atoms with Crippen LogP contribution in [-0.4, -0.2) is 36.4 Å². The molecule has 0 fully saturated rings. The first-order chi connectivity index (χ1) is 13.4. The van der Waals surface area contributed by atoms with E-state index in [1.807, 2.05) is 19.1 Å². The van der Waals surface area contributed by atoms with Gasteiger partial charge >= 0.3 is 7.12 Å². The van der Waals surface area contributed by atoms with Gasteiger partial charge in [0.1, 0.15) is 0 Å². The third kappa shape index (κ3) is 5.28. The fourth-order valence-electron chi connectivity index (χ4n) is 2.44. The normalized spacial score (nSPS) is 9.96. The van der Waals surface area contributed by atoms with Crippen LogP contribution in [-0.2, 0) is 0 Å². The lowest BCUT2D eigenvalue weighted by Gasteiger charge is -2.06. The highest BCUT2D eigenvalue weighted by molar-refractivity contribution is 6.58. The molecule has 8 heteroatoms. The first kappa shape index (κ1) is 21.3. The van der Waals surface area contributed by atoms with Crippen molar-refractivity contribution in [2.75, 3.05) is 14.2 Å². The summed E-state index contributed by atoms with van der Waals surface area (Å²) in [6.45, 7) is 1.95. The van der Waals surface area contributed by atoms with Crippen LogP contribution in [0.5, 0.6) is 11.5 Å². The van der Waals surface area contributed by atoms with Gasteiger partial charge < -0.3 is 19.5 Å². The van der Waals surface area contributed by atoms with E-state index < -0.39 is 12.9 Å². The Morgan fingerprint density at radius 3 is 2.00 bits per heavy atom. The monoisotopic (exact) mass is 387 g/mol. The highest BCUT2D eigenvalue weighted by Crippen LogP contribution is 2.25. The van der Waals surface area contributed by atoms with E-state index in [1.54, 1.807) is 18.3 Å². The molecular weight excluding hydrogens is 367 g/mol. The standard InChI is InChI=1S/C13H12FNO.C7H8BFO3/c1-9-4-3-7-15-13(9)10-5-6-12(16-2)11(14)8-10;1-12-7-3-2-5(8(10)11)4-6(7)9/h3-8H,1-2H3;2-4,10-11H,1H3. The number of ether oxygens (including phenoxy) is 2. The number of rotatable bonds is 4. The van der Waals surface area contributed by atoms with Crippen molar-refractivity contribution in [3.63, 3.8) is 0 Å². The zero-order valence-electron chi connectivity index (χ0n) is 15.7. The predicted molar refractivity (Wildman–Crippen MR) is 104 cm³/mol. The summed E-state index contributed by atoms with van der Waals surface area (Å²) in [5, 5.41) is 17.3. The molecule has 0 amide bonds. The molecule has 2 aromatic carbocycles. The Labute approximate surface area is 162 Å². The Balaban J connectivity index is 0.000000209. The lowest BCUT2D eigenvalue weighted by atomic mass is 9.80. The summed E-state index contributed by atoms with van der Waals surface area (Å²) in [5.41, 5.74) is 2.68. The maximum Gasteiger partial charge on any atom is 0.488 e. The maximum absolute atomic E-state index is 13.5. The van der Waals surface area contributed by atoms with Gasteiger partial charge in [0.25, 0.3) is 0 Å². The van der Waals surface area contributed by atoms with Crippen LogP contribution in [0.4, 0.5) is 8.78 Å². The summed E-state index contributed by atoms with van der Waals surface area (Å²) in [7, 11) is 1.14. The molecule has 0 unspecified atom stereocenters. The van der Waals surface area contributed by atoms with E-state index in [0.717, 1.165) is 22.9 Å². The third-order valence-corrected chi connectivity index (χ3v) is 3.91. The molecule has 3 aromatic rings. The van der Waals surface area contributed by atoms with Crippen LogP contribution < -0.4 is 14.9 Å². The van der Waals surface area contributed by atoms with Crippen LogP contribution in [0, 0.1) is 18.6 Å². The van der Waals surface area contributed by atoms with Gasteiger partial charge in [0.2, 0.25) is 0 Å². The van der Waals surface area contributed by atoms with Gasteiger partial charge in [-0.3, -0.25) is 4.98 Å². The Hall–Kier alpha value is -2.97. The molecule has 0 radical (unpaired) electrons. The van der Waals surface area contributed by atoms with Gasteiger partial charge in [-0.2, -0.15) is 0 Å². The molecular formula is C20H20BF2NO4. The van der Waals surface area contributed by atoms with E-state index in [0.29, 0.717) is 0 Å². The minimum Gasteiger partial charge on any atom is -0.494 e. The second-order valence-corrected chi connectivity index (χ2v) is 5.79. The number of hydrogen-bond acceptors (Lipinski definition) is 5. The Morgan fingerprint density at radius 2 is 1.50 bits per heavy atom. The Bertz CT molecular complexity index is 938. The Kier molecular flexibility index (Phi) is 7.48. The summed E-state index contributed by atoms with van der Waals surface area (Å²) in [6.07, 6.45) is 1.70. The topological polar surface area (TPSA) is 71.8 Å². The minimum atomic E-state index is -1.65. The lowest BCUT2D eigenvalue weighted by Crippen LogP contribution is -2.29. The van der Waals surface area contributed by atoms with Crippen molar-refractivity contribution < 1.29 is 28.3 Å². The number of aromatic nitrogens is 1. The van der Waals surface area contributed by atoms with E-state index in [4.69, 9.17) is 14.8 Å². The fraction of sp³-hybridized carbons (Fsp3) is 0.150. The van der Waals surface area contributed by atoms with Gasteiger partial charge in [-0.1, -0.05) is 12.1 Å². The van der Waals surface area contributed by atoms with Gasteiger partial charge in [0.05, 0.1) is 19.9 Å². The van der Waals surface area contributed by atoms with Crippen molar-refractivity contribution in [3.8, 4) is 22.8 Å². The summed E-state index contributed by atoms with van der Waals surface area (Å²) in [4.78, 5) is 4.24. The third-order valence-electron chi connectivity index (χ3n) is 3.91. The lowest BCUT2D eigenvalue weighted by molar-refractivity contribution is 0.386. The second kappa shape index (κ2) is 9.82. The molecule has 0 saturated heterocycles. The predicted octanol–water partition coefficient (Wildman–Crippen LogP) is 2.72. The summed E-state index contributed by atoms with van der Waals surface area (Å²) >= 11 is 0. The van der Waals surface area contributed by atoms with Gasteiger partial charge in [-0.25, -0.2) is 8.78 Å². The number of halogens is 2. The molecule has 1 heterocycles. The van der Waals surface area contributed by atoms with Crippen molar-refractivity contribution in [1.29, 1.82) is 0 Å². The second-order valence-electron chi connectivity index (χ2n) is 5.79. The highest BCUT2D eigenvalue weighted by Gasteiger charge is 2.13. The molecule has 0 saturated carbocycles. The molecule has 0 aliphatic rings. The van der Waals surface area contributed by atoms with Crippen LogP contribution in [0.3, 0.4) is 0 Å². The summed E-state index contributed by atoms with van der Waals surface area (Å²) in [6, 6.07) is 12.4. The van der Waals surface area contributed by atoms with Gasteiger partial charge in [-0.05, 0) is 54.3 Å². The highest BCUT2D eigenvalue weighted by atomic mass is 19.1. The molecule has 0 spiro atoms. The quantitative estimate of drug-likeness (QED) is 0.674. The molecule has 0 aliphatic heterocycles. The zero-order chi connectivity index (χ0) is 20.7. The van der Waals surface area contributed by atoms with E-state index in [9.17, 15) is 8.78 Å². The molecule has 3 rings (SSSR count). The van der Waals surface area contributed by atoms with Crippen molar-refractivity contribution in [2.45, 2.75) is 6.92 Å². The van der Waals surface area contributed by atoms with Crippen LogP contribution in [0.25, 0.3) is 11.3 Å². The molecule has 2 N–H and O–H groups in total. The maximum atomic E-state index is 13.5. The molecule has 5 nitrogen and oxygen atoms in total. The number of hydrogen-bond donors (Lipinski definition) is 2. The van der Waals surface area contributed by atoms with Gasteiger partial charge in [0, 0.05) is 11.8 Å². The smallest absolute Gasteiger partial charge is 0.488 e. The van der Waals surface area contributed by atoms with Crippen molar-refractivity contribution in [1.82, 2.24) is 4.98 Å².